The van der Waals surface area contributed by atoms with Gasteiger partial charge in [0.1, 0.15) is 5.75 Å². The number of fused-ring (bicyclic) bond motifs is 1. The number of hydrogen-bond acceptors (Lipinski definition) is 4. The Morgan fingerprint density at radius 1 is 1.11 bits per heavy atom. The fourth-order valence-corrected chi connectivity index (χ4v) is 3.57. The van der Waals surface area contributed by atoms with Crippen molar-refractivity contribution in [3.63, 3.8) is 0 Å². The number of nitrogens with one attached hydrogen (secondary N) is 1. The zero-order valence-electron chi connectivity index (χ0n) is 15.2. The van der Waals surface area contributed by atoms with Crippen LogP contribution in [-0.4, -0.2) is 16.9 Å². The standard InChI is InChI=1S/C22H17BrN2O3/c1-13-18(7-9-19(24-13)14-3-2-4-16(23)11-14)22(27)28-17-6-8-20-15(12-17)5-10-21(26)25-20/h2-4,6-9,11-12H,5,10H2,1H3,(H,25,26). The predicted octanol–water partition coefficient (Wildman–Crippen LogP) is 4.92. The maximum atomic E-state index is 12.6. The highest BCUT2D eigenvalue weighted by Gasteiger charge is 2.18. The molecule has 0 saturated heterocycles. The molecule has 0 unspecified atom stereocenters. The van der Waals surface area contributed by atoms with Gasteiger partial charge in [0, 0.05) is 22.1 Å². The van der Waals surface area contributed by atoms with Crippen LogP contribution in [0, 0.1) is 6.92 Å². The third-order valence-corrected chi connectivity index (χ3v) is 5.10. The average molecular weight is 437 g/mol. The van der Waals surface area contributed by atoms with Gasteiger partial charge in [-0.3, -0.25) is 9.78 Å². The third kappa shape index (κ3) is 3.82. The lowest BCUT2D eigenvalue weighted by Crippen LogP contribution is -2.19. The van der Waals surface area contributed by atoms with Gasteiger partial charge < -0.3 is 10.1 Å². The lowest BCUT2D eigenvalue weighted by Gasteiger charge is -2.17. The van der Waals surface area contributed by atoms with Crippen molar-refractivity contribution in [2.24, 2.45) is 0 Å². The van der Waals surface area contributed by atoms with E-state index in [9.17, 15) is 9.59 Å². The van der Waals surface area contributed by atoms with Gasteiger partial charge in [0.2, 0.25) is 5.91 Å². The molecule has 0 spiro atoms. The van der Waals surface area contributed by atoms with Gasteiger partial charge in [-0.1, -0.05) is 28.1 Å². The fourth-order valence-electron chi connectivity index (χ4n) is 3.17. The van der Waals surface area contributed by atoms with Crippen LogP contribution < -0.4 is 10.1 Å². The van der Waals surface area contributed by atoms with Crippen LogP contribution in [0.1, 0.15) is 28.0 Å². The van der Waals surface area contributed by atoms with Crippen LogP contribution in [0.5, 0.6) is 5.75 Å². The summed E-state index contributed by atoms with van der Waals surface area (Å²) in [6.45, 7) is 1.79. The Morgan fingerprint density at radius 3 is 2.75 bits per heavy atom. The molecular weight excluding hydrogens is 420 g/mol. The summed E-state index contributed by atoms with van der Waals surface area (Å²) in [4.78, 5) is 28.6. The minimum Gasteiger partial charge on any atom is -0.423 e. The number of benzene rings is 2. The molecule has 1 amide bonds. The molecule has 0 radical (unpaired) electrons. The van der Waals surface area contributed by atoms with Crippen LogP contribution >= 0.6 is 15.9 Å². The van der Waals surface area contributed by atoms with E-state index >= 15 is 0 Å². The Labute approximate surface area is 170 Å². The zero-order chi connectivity index (χ0) is 19.7. The van der Waals surface area contributed by atoms with E-state index in [2.05, 4.69) is 26.2 Å². The number of carbonyl (C=O) groups is 2. The second-order valence-corrected chi connectivity index (χ2v) is 7.51. The number of hydrogen-bond donors (Lipinski definition) is 1. The maximum absolute atomic E-state index is 12.6. The monoisotopic (exact) mass is 436 g/mol. The number of anilines is 1. The molecule has 2 heterocycles. The Kier molecular flexibility index (Phi) is 4.96. The van der Waals surface area contributed by atoms with Crippen LogP contribution in [0.2, 0.25) is 0 Å². The van der Waals surface area contributed by atoms with Gasteiger partial charge in [-0.15, -0.1) is 0 Å². The molecule has 4 rings (SSSR count). The van der Waals surface area contributed by atoms with E-state index in [0.29, 0.717) is 29.8 Å². The van der Waals surface area contributed by atoms with Gasteiger partial charge >= 0.3 is 5.97 Å². The number of carbonyl (C=O) groups excluding carboxylic acids is 2. The number of aromatic nitrogens is 1. The molecular formula is C22H17BrN2O3. The highest BCUT2D eigenvalue weighted by molar-refractivity contribution is 9.10. The average Bonchev–Trinajstić information content (AvgIpc) is 2.68. The van der Waals surface area contributed by atoms with Crippen molar-refractivity contribution in [1.29, 1.82) is 0 Å². The quantitative estimate of drug-likeness (QED) is 0.467. The number of halogens is 1. The predicted molar refractivity (Wildman–Crippen MR) is 110 cm³/mol. The number of nitrogens with zero attached hydrogens (tertiary/aromatic N) is 1. The molecule has 0 aliphatic carbocycles. The van der Waals surface area contributed by atoms with Gasteiger partial charge in [0.25, 0.3) is 0 Å². The Balaban J connectivity index is 1.55. The Hall–Kier alpha value is -2.99. The van der Waals surface area contributed by atoms with E-state index in [-0.39, 0.29) is 5.91 Å². The molecule has 1 aliphatic rings. The molecule has 0 bridgehead atoms. The van der Waals surface area contributed by atoms with E-state index in [1.54, 1.807) is 31.2 Å². The van der Waals surface area contributed by atoms with E-state index in [0.717, 1.165) is 27.0 Å². The van der Waals surface area contributed by atoms with Gasteiger partial charge in [-0.2, -0.15) is 0 Å². The number of amides is 1. The molecule has 6 heteroatoms. The highest BCUT2D eigenvalue weighted by atomic mass is 79.9. The molecule has 1 N–H and O–H groups in total. The maximum Gasteiger partial charge on any atom is 0.345 e. The molecule has 0 atom stereocenters. The van der Waals surface area contributed by atoms with Gasteiger partial charge in [0.15, 0.2) is 0 Å². The number of esters is 1. The second-order valence-electron chi connectivity index (χ2n) is 6.60. The highest BCUT2D eigenvalue weighted by Crippen LogP contribution is 2.28. The number of ether oxygens (including phenoxy) is 1. The normalized spacial score (nSPS) is 12.9. The summed E-state index contributed by atoms with van der Waals surface area (Å²) in [5.74, 6) is 0.00503. The molecule has 1 aromatic heterocycles. The van der Waals surface area contributed by atoms with Crippen molar-refractivity contribution in [1.82, 2.24) is 4.98 Å². The molecule has 2 aromatic carbocycles. The van der Waals surface area contributed by atoms with E-state index in [1.807, 2.05) is 30.3 Å². The van der Waals surface area contributed by atoms with Gasteiger partial charge in [0.05, 0.1) is 17.0 Å². The van der Waals surface area contributed by atoms with E-state index in [1.165, 1.54) is 0 Å². The lowest BCUT2D eigenvalue weighted by molar-refractivity contribution is -0.116. The lowest BCUT2D eigenvalue weighted by atomic mass is 10.0. The minimum absolute atomic E-state index is 0.00415. The van der Waals surface area contributed by atoms with Crippen molar-refractivity contribution in [2.45, 2.75) is 19.8 Å². The first-order valence-corrected chi connectivity index (χ1v) is 9.67. The smallest absolute Gasteiger partial charge is 0.345 e. The van der Waals surface area contributed by atoms with Crippen molar-refractivity contribution >= 4 is 33.5 Å². The molecule has 1 aliphatic heterocycles. The molecule has 140 valence electrons. The minimum atomic E-state index is -0.453. The summed E-state index contributed by atoms with van der Waals surface area (Å²) in [6.07, 6.45) is 1.07. The molecule has 28 heavy (non-hydrogen) atoms. The summed E-state index contributed by atoms with van der Waals surface area (Å²) in [5, 5.41) is 2.81. The second kappa shape index (κ2) is 7.56. The van der Waals surface area contributed by atoms with Gasteiger partial charge in [-0.05, 0) is 61.4 Å². The summed E-state index contributed by atoms with van der Waals surface area (Å²) in [6, 6.07) is 16.6. The summed E-state index contributed by atoms with van der Waals surface area (Å²) < 4.78 is 6.51. The Bertz CT molecular complexity index is 1090. The van der Waals surface area contributed by atoms with Crippen LogP contribution in [-0.2, 0) is 11.2 Å². The largest absolute Gasteiger partial charge is 0.423 e. The molecule has 0 saturated carbocycles. The van der Waals surface area contributed by atoms with Crippen LogP contribution in [0.3, 0.4) is 0 Å². The van der Waals surface area contributed by atoms with Crippen molar-refractivity contribution in [3.8, 4) is 17.0 Å². The number of rotatable bonds is 3. The van der Waals surface area contributed by atoms with Crippen LogP contribution in [0.15, 0.2) is 59.1 Å². The van der Waals surface area contributed by atoms with E-state index in [4.69, 9.17) is 4.74 Å². The van der Waals surface area contributed by atoms with Crippen molar-refractivity contribution < 1.29 is 14.3 Å². The number of pyridine rings is 1. The topological polar surface area (TPSA) is 68.3 Å². The van der Waals surface area contributed by atoms with Crippen molar-refractivity contribution in [2.75, 3.05) is 5.32 Å². The van der Waals surface area contributed by atoms with Crippen molar-refractivity contribution in [3.05, 3.63) is 75.9 Å². The van der Waals surface area contributed by atoms with E-state index < -0.39 is 5.97 Å². The fraction of sp³-hybridized carbons (Fsp3) is 0.136. The summed E-state index contributed by atoms with van der Waals surface area (Å²) >= 11 is 3.46. The number of aryl methyl sites for hydroxylation is 2. The Morgan fingerprint density at radius 2 is 1.96 bits per heavy atom. The third-order valence-electron chi connectivity index (χ3n) is 4.61. The SMILES string of the molecule is Cc1nc(-c2cccc(Br)c2)ccc1C(=O)Oc1ccc2c(c1)CCC(=O)N2. The molecule has 5 nitrogen and oxygen atoms in total. The molecule has 0 fully saturated rings. The summed E-state index contributed by atoms with van der Waals surface area (Å²) in [7, 11) is 0. The summed E-state index contributed by atoms with van der Waals surface area (Å²) in [5.41, 5.74) is 4.52. The zero-order valence-corrected chi connectivity index (χ0v) is 16.7. The van der Waals surface area contributed by atoms with Gasteiger partial charge in [-0.25, -0.2) is 4.79 Å². The first kappa shape index (κ1) is 18.4. The first-order valence-electron chi connectivity index (χ1n) is 8.88. The van der Waals surface area contributed by atoms with Crippen LogP contribution in [0.25, 0.3) is 11.3 Å². The first-order chi connectivity index (χ1) is 13.5. The van der Waals surface area contributed by atoms with Crippen LogP contribution in [0.4, 0.5) is 5.69 Å². The molecule has 3 aromatic rings.